The molecule has 0 amide bonds. The minimum atomic E-state index is -0.682. The van der Waals surface area contributed by atoms with Crippen LogP contribution in [0.2, 0.25) is 0 Å². The van der Waals surface area contributed by atoms with Gasteiger partial charge in [0.05, 0.1) is 23.3 Å². The molecule has 0 spiro atoms. The highest BCUT2D eigenvalue weighted by Gasteiger charge is 2.13. The van der Waals surface area contributed by atoms with Gasteiger partial charge in [0, 0.05) is 25.3 Å². The standard InChI is InChI=1S/C19H20N4O5S/c1-13(12-27-2)21-19(29)22-20-11-14-6-8-17(9-7-14)28-18(24)15-4-3-5-16(10-15)23(25)26/h3-11,13H,12H2,1-2H3,(H2,21,22,29)/b20-11-/t13-/m0/s1. The second kappa shape index (κ2) is 10.8. The second-order valence-electron chi connectivity index (χ2n) is 5.97. The van der Waals surface area contributed by atoms with E-state index in [0.717, 1.165) is 5.56 Å². The average molecular weight is 416 g/mol. The number of benzene rings is 2. The molecule has 10 heteroatoms. The Morgan fingerprint density at radius 1 is 1.31 bits per heavy atom. The number of hydrazone groups is 1. The van der Waals surface area contributed by atoms with Crippen LogP contribution in [0.5, 0.6) is 5.75 Å². The van der Waals surface area contributed by atoms with Crippen molar-refractivity contribution in [2.24, 2.45) is 5.10 Å². The molecule has 0 bridgehead atoms. The van der Waals surface area contributed by atoms with Crippen LogP contribution in [0, 0.1) is 10.1 Å². The summed E-state index contributed by atoms with van der Waals surface area (Å²) in [6.07, 6.45) is 1.56. The molecule has 0 aliphatic rings. The summed E-state index contributed by atoms with van der Waals surface area (Å²) < 4.78 is 10.2. The third-order valence-corrected chi connectivity index (χ3v) is 3.77. The number of rotatable bonds is 8. The van der Waals surface area contributed by atoms with E-state index < -0.39 is 10.9 Å². The first-order chi connectivity index (χ1) is 13.9. The van der Waals surface area contributed by atoms with Gasteiger partial charge in [-0.2, -0.15) is 5.10 Å². The normalized spacial score (nSPS) is 11.7. The predicted octanol–water partition coefficient (Wildman–Crippen LogP) is 2.65. The first-order valence-electron chi connectivity index (χ1n) is 8.54. The molecule has 0 unspecified atom stereocenters. The van der Waals surface area contributed by atoms with Gasteiger partial charge < -0.3 is 14.8 Å². The Bertz CT molecular complexity index is 902. The molecule has 0 radical (unpaired) electrons. The number of carbonyl (C=O) groups is 1. The van der Waals surface area contributed by atoms with Crippen LogP contribution in [0.1, 0.15) is 22.8 Å². The summed E-state index contributed by atoms with van der Waals surface area (Å²) in [5.74, 6) is -0.379. The molecular weight excluding hydrogens is 396 g/mol. The van der Waals surface area contributed by atoms with Crippen molar-refractivity contribution in [1.82, 2.24) is 10.7 Å². The molecule has 0 aliphatic heterocycles. The van der Waals surface area contributed by atoms with E-state index in [1.54, 1.807) is 37.6 Å². The van der Waals surface area contributed by atoms with E-state index in [0.29, 0.717) is 17.5 Å². The minimum Gasteiger partial charge on any atom is -0.423 e. The number of nitrogens with zero attached hydrogens (tertiary/aromatic N) is 2. The van der Waals surface area contributed by atoms with E-state index in [1.165, 1.54) is 24.3 Å². The first-order valence-corrected chi connectivity index (χ1v) is 8.95. The molecule has 0 heterocycles. The molecule has 0 aliphatic carbocycles. The summed E-state index contributed by atoms with van der Waals surface area (Å²) in [5, 5.41) is 18.2. The number of nitro groups is 1. The quantitative estimate of drug-likeness (QED) is 0.169. The van der Waals surface area contributed by atoms with Crippen molar-refractivity contribution in [3.63, 3.8) is 0 Å². The SMILES string of the molecule is COC[C@H](C)NC(=S)N/N=C\c1ccc(OC(=O)c2cccc([N+](=O)[O-])c2)cc1. The van der Waals surface area contributed by atoms with Crippen LogP contribution in [0.4, 0.5) is 5.69 Å². The minimum absolute atomic E-state index is 0.0511. The van der Waals surface area contributed by atoms with Crippen molar-refractivity contribution >= 4 is 35.2 Å². The molecule has 9 nitrogen and oxygen atoms in total. The highest BCUT2D eigenvalue weighted by Crippen LogP contribution is 2.17. The van der Waals surface area contributed by atoms with Crippen molar-refractivity contribution < 1.29 is 19.2 Å². The fourth-order valence-corrected chi connectivity index (χ4v) is 2.50. The third kappa shape index (κ3) is 7.28. The Morgan fingerprint density at radius 2 is 2.03 bits per heavy atom. The highest BCUT2D eigenvalue weighted by atomic mass is 32.1. The predicted molar refractivity (Wildman–Crippen MR) is 112 cm³/mol. The zero-order valence-corrected chi connectivity index (χ0v) is 16.6. The fraction of sp³-hybridized carbons (Fsp3) is 0.211. The molecule has 29 heavy (non-hydrogen) atoms. The summed E-state index contributed by atoms with van der Waals surface area (Å²) in [6.45, 7) is 2.44. The van der Waals surface area contributed by atoms with Gasteiger partial charge in [0.15, 0.2) is 5.11 Å². The van der Waals surface area contributed by atoms with Crippen LogP contribution in [-0.4, -0.2) is 42.0 Å². The van der Waals surface area contributed by atoms with E-state index >= 15 is 0 Å². The lowest BCUT2D eigenvalue weighted by molar-refractivity contribution is -0.384. The number of nitrogens with one attached hydrogen (secondary N) is 2. The van der Waals surface area contributed by atoms with Crippen molar-refractivity contribution in [3.05, 3.63) is 69.8 Å². The number of esters is 1. The number of thiocarbonyl (C=S) groups is 1. The van der Waals surface area contributed by atoms with Crippen molar-refractivity contribution in [1.29, 1.82) is 0 Å². The van der Waals surface area contributed by atoms with Gasteiger partial charge in [0.25, 0.3) is 5.69 Å². The number of carbonyl (C=O) groups excluding carboxylic acids is 1. The maximum absolute atomic E-state index is 12.1. The van der Waals surface area contributed by atoms with Crippen LogP contribution < -0.4 is 15.5 Å². The molecule has 152 valence electrons. The molecule has 0 aromatic heterocycles. The summed E-state index contributed by atoms with van der Waals surface area (Å²) in [4.78, 5) is 22.4. The molecule has 2 rings (SSSR count). The van der Waals surface area contributed by atoms with Gasteiger partial charge in [0.2, 0.25) is 0 Å². The van der Waals surface area contributed by atoms with Crippen LogP contribution in [0.15, 0.2) is 53.6 Å². The molecule has 2 N–H and O–H groups in total. The van der Waals surface area contributed by atoms with E-state index in [2.05, 4.69) is 15.8 Å². The van der Waals surface area contributed by atoms with Gasteiger partial charge in [-0.05, 0) is 55.0 Å². The molecule has 2 aromatic rings. The monoisotopic (exact) mass is 416 g/mol. The topological polar surface area (TPSA) is 115 Å². The maximum atomic E-state index is 12.1. The molecule has 2 aromatic carbocycles. The Balaban J connectivity index is 1.90. The number of nitro benzene ring substituents is 1. The average Bonchev–Trinajstić information content (AvgIpc) is 2.69. The van der Waals surface area contributed by atoms with Gasteiger partial charge in [-0.15, -0.1) is 0 Å². The zero-order valence-electron chi connectivity index (χ0n) is 15.8. The summed E-state index contributed by atoms with van der Waals surface area (Å²) in [7, 11) is 1.61. The van der Waals surface area contributed by atoms with Crippen molar-refractivity contribution in [2.45, 2.75) is 13.0 Å². The van der Waals surface area contributed by atoms with Crippen molar-refractivity contribution in [3.8, 4) is 5.75 Å². The molecule has 0 saturated heterocycles. The lowest BCUT2D eigenvalue weighted by Crippen LogP contribution is -2.40. The Morgan fingerprint density at radius 3 is 2.69 bits per heavy atom. The lowest BCUT2D eigenvalue weighted by Gasteiger charge is -2.13. The number of non-ortho nitro benzene ring substituents is 1. The number of hydrogen-bond acceptors (Lipinski definition) is 7. The maximum Gasteiger partial charge on any atom is 0.343 e. The van der Waals surface area contributed by atoms with E-state index in [4.69, 9.17) is 21.7 Å². The number of hydrogen-bond donors (Lipinski definition) is 2. The number of methoxy groups -OCH3 is 1. The van der Waals surface area contributed by atoms with E-state index in [1.807, 2.05) is 6.92 Å². The van der Waals surface area contributed by atoms with E-state index in [9.17, 15) is 14.9 Å². The van der Waals surface area contributed by atoms with Crippen LogP contribution >= 0.6 is 12.2 Å². The summed E-state index contributed by atoms with van der Waals surface area (Å²) >= 11 is 5.11. The van der Waals surface area contributed by atoms with Crippen LogP contribution in [0.3, 0.4) is 0 Å². The first kappa shape index (κ1) is 21.9. The van der Waals surface area contributed by atoms with E-state index in [-0.39, 0.29) is 17.3 Å². The van der Waals surface area contributed by atoms with Crippen LogP contribution in [0.25, 0.3) is 0 Å². The Labute approximate surface area is 172 Å². The van der Waals surface area contributed by atoms with Gasteiger partial charge in [-0.3, -0.25) is 15.5 Å². The highest BCUT2D eigenvalue weighted by molar-refractivity contribution is 7.80. The smallest absolute Gasteiger partial charge is 0.343 e. The Kier molecular flexibility index (Phi) is 8.19. The van der Waals surface area contributed by atoms with Gasteiger partial charge in [-0.25, -0.2) is 4.79 Å². The Hall–Kier alpha value is -3.37. The fourth-order valence-electron chi connectivity index (χ4n) is 2.25. The summed E-state index contributed by atoms with van der Waals surface area (Å²) in [6, 6.07) is 12.0. The second-order valence-corrected chi connectivity index (χ2v) is 6.37. The lowest BCUT2D eigenvalue weighted by atomic mass is 10.2. The van der Waals surface area contributed by atoms with Gasteiger partial charge in [-0.1, -0.05) is 6.07 Å². The molecule has 1 atom stereocenters. The largest absolute Gasteiger partial charge is 0.423 e. The molecular formula is C19H20N4O5S. The summed E-state index contributed by atoms with van der Waals surface area (Å²) in [5.41, 5.74) is 3.36. The van der Waals surface area contributed by atoms with Gasteiger partial charge in [0.1, 0.15) is 5.75 Å². The van der Waals surface area contributed by atoms with Gasteiger partial charge >= 0.3 is 5.97 Å². The molecule has 0 saturated carbocycles. The van der Waals surface area contributed by atoms with Crippen LogP contribution in [-0.2, 0) is 4.74 Å². The number of ether oxygens (including phenoxy) is 2. The van der Waals surface area contributed by atoms with Crippen molar-refractivity contribution in [2.75, 3.05) is 13.7 Å². The zero-order chi connectivity index (χ0) is 21.2. The third-order valence-electron chi connectivity index (χ3n) is 3.56. The molecule has 0 fully saturated rings.